The molecular weight excluding hydrogens is 400 g/mol. The van der Waals surface area contributed by atoms with Crippen LogP contribution in [0, 0.1) is 22.7 Å². The first kappa shape index (κ1) is 20.8. The molecule has 0 aromatic heterocycles. The lowest BCUT2D eigenvalue weighted by Gasteiger charge is -2.71. The molecule has 2 bridgehead atoms. The Morgan fingerprint density at radius 1 is 1.17 bits per heavy atom. The molecule has 0 unspecified atom stereocenters. The highest BCUT2D eigenvalue weighted by atomic mass is 16.6. The Morgan fingerprint density at radius 3 is 2.47 bits per heavy atom. The summed E-state index contributed by atoms with van der Waals surface area (Å²) in [6, 6.07) is 0. The maximum Gasteiger partial charge on any atom is 0.338 e. The highest BCUT2D eigenvalue weighted by Gasteiger charge is 2.89. The topological polar surface area (TPSA) is 177 Å². The van der Waals surface area contributed by atoms with Crippen molar-refractivity contribution in [1.29, 1.82) is 0 Å². The largest absolute Gasteiger partial charge is 0.460 e. The number of hydrogen-bond acceptors (Lipinski definition) is 10. The SMILES string of the molecule is CC1=C[C@H](O)[C@@H](O)[C@]2(C)[C@H]3[C@@H](O)[C@H](O)[C@@]4(CO)OC[C@@]35[C@@H](C[C@@H]12)OC(=O)[C@H](O)[C@]54O. The van der Waals surface area contributed by atoms with Crippen LogP contribution in [0.25, 0.3) is 0 Å². The van der Waals surface area contributed by atoms with E-state index in [1.165, 1.54) is 6.08 Å². The van der Waals surface area contributed by atoms with Crippen molar-refractivity contribution in [1.82, 2.24) is 0 Å². The van der Waals surface area contributed by atoms with Crippen LogP contribution in [0.15, 0.2) is 11.6 Å². The van der Waals surface area contributed by atoms with Crippen LogP contribution < -0.4 is 0 Å². The molecule has 2 saturated heterocycles. The zero-order valence-corrected chi connectivity index (χ0v) is 16.7. The number of aliphatic hydroxyl groups excluding tert-OH is 6. The van der Waals surface area contributed by atoms with Crippen molar-refractivity contribution in [2.75, 3.05) is 13.2 Å². The van der Waals surface area contributed by atoms with Crippen LogP contribution in [-0.4, -0.2) is 103 Å². The number of allylic oxidation sites excluding steroid dienone is 1. The number of rotatable bonds is 1. The molecule has 10 heteroatoms. The molecule has 0 radical (unpaired) electrons. The van der Waals surface area contributed by atoms with Gasteiger partial charge in [0, 0.05) is 11.3 Å². The Bertz CT molecular complexity index is 830. The third-order valence-electron chi connectivity index (χ3n) is 9.12. The molecule has 7 N–H and O–H groups in total. The van der Waals surface area contributed by atoms with Crippen molar-refractivity contribution in [2.24, 2.45) is 22.7 Å². The van der Waals surface area contributed by atoms with Crippen LogP contribution in [0.2, 0.25) is 0 Å². The minimum Gasteiger partial charge on any atom is -0.460 e. The van der Waals surface area contributed by atoms with Gasteiger partial charge in [-0.05, 0) is 19.3 Å². The van der Waals surface area contributed by atoms with Crippen molar-refractivity contribution in [3.8, 4) is 0 Å². The number of carbonyl (C=O) groups excluding carboxylic acids is 1. The second-order valence-corrected chi connectivity index (χ2v) is 9.88. The first-order chi connectivity index (χ1) is 13.9. The van der Waals surface area contributed by atoms with Gasteiger partial charge in [-0.2, -0.15) is 0 Å². The molecule has 2 saturated carbocycles. The summed E-state index contributed by atoms with van der Waals surface area (Å²) in [6.07, 6.45) is -7.59. The third-order valence-corrected chi connectivity index (χ3v) is 9.12. The summed E-state index contributed by atoms with van der Waals surface area (Å²) in [4.78, 5) is 12.5. The summed E-state index contributed by atoms with van der Waals surface area (Å²) in [5, 5.41) is 76.7. The first-order valence-electron chi connectivity index (χ1n) is 10.2. The maximum atomic E-state index is 12.5. The number of esters is 1. The van der Waals surface area contributed by atoms with Crippen LogP contribution in [0.5, 0.6) is 0 Å². The Hall–Kier alpha value is -1.11. The average Bonchev–Trinajstić information content (AvgIpc) is 2.91. The molecule has 2 aliphatic heterocycles. The molecule has 12 atom stereocenters. The molecule has 5 rings (SSSR count). The number of carbonyl (C=O) groups is 1. The highest BCUT2D eigenvalue weighted by Crippen LogP contribution is 2.73. The van der Waals surface area contributed by atoms with Crippen molar-refractivity contribution in [3.63, 3.8) is 0 Å². The van der Waals surface area contributed by atoms with Gasteiger partial charge >= 0.3 is 5.97 Å². The molecule has 0 aromatic carbocycles. The van der Waals surface area contributed by atoms with E-state index in [4.69, 9.17) is 9.47 Å². The van der Waals surface area contributed by atoms with Gasteiger partial charge in [0.1, 0.15) is 17.8 Å². The van der Waals surface area contributed by atoms with Gasteiger partial charge in [-0.25, -0.2) is 4.79 Å². The van der Waals surface area contributed by atoms with E-state index in [-0.39, 0.29) is 13.0 Å². The van der Waals surface area contributed by atoms with Gasteiger partial charge in [-0.15, -0.1) is 0 Å². The third kappa shape index (κ3) is 1.77. The average molecular weight is 428 g/mol. The fourth-order valence-electron chi connectivity index (χ4n) is 7.80. The van der Waals surface area contributed by atoms with Crippen molar-refractivity contribution < 1.29 is 50.0 Å². The lowest BCUT2D eigenvalue weighted by Crippen LogP contribution is -2.87. The van der Waals surface area contributed by atoms with E-state index in [1.54, 1.807) is 13.8 Å². The fraction of sp³-hybridized carbons (Fsp3) is 0.850. The molecule has 2 heterocycles. The molecule has 1 spiro atoms. The Labute approximate surface area is 172 Å². The molecule has 168 valence electrons. The summed E-state index contributed by atoms with van der Waals surface area (Å²) in [6.45, 7) is 2.13. The molecule has 4 fully saturated rings. The normalized spacial score (nSPS) is 61.6. The van der Waals surface area contributed by atoms with E-state index in [2.05, 4.69) is 0 Å². The molecule has 0 amide bonds. The summed E-state index contributed by atoms with van der Waals surface area (Å²) >= 11 is 0. The van der Waals surface area contributed by atoms with E-state index >= 15 is 0 Å². The Balaban J connectivity index is 1.82. The zero-order valence-electron chi connectivity index (χ0n) is 16.7. The van der Waals surface area contributed by atoms with Crippen LogP contribution in [0.1, 0.15) is 20.3 Å². The smallest absolute Gasteiger partial charge is 0.338 e. The second kappa shape index (κ2) is 5.81. The van der Waals surface area contributed by atoms with E-state index < -0.39 is 83.1 Å². The lowest BCUT2D eigenvalue weighted by atomic mass is 9.36. The van der Waals surface area contributed by atoms with Gasteiger partial charge in [0.2, 0.25) is 0 Å². The van der Waals surface area contributed by atoms with Crippen LogP contribution in [0.3, 0.4) is 0 Å². The molecule has 5 aliphatic rings. The Morgan fingerprint density at radius 2 is 1.83 bits per heavy atom. The standard InChI is InChI=1S/C20H28O10/c1-7-3-9(22)13(24)17(2)8(7)4-10-18-6-29-19(5-21,14(25)11(23)12(17)18)20(18,28)15(26)16(27)30-10/h3,8-15,21-26,28H,4-6H2,1-2H3/t8-,9-,10+,11+,12+,13+,14-,15-,17-,18+,19+,20-/m0/s1. The predicted octanol–water partition coefficient (Wildman–Crippen LogP) is -3.19. The van der Waals surface area contributed by atoms with E-state index in [0.717, 1.165) is 5.57 Å². The Kier molecular flexibility index (Phi) is 4.03. The fourth-order valence-corrected chi connectivity index (χ4v) is 7.80. The van der Waals surface area contributed by atoms with E-state index in [1.807, 2.05) is 0 Å². The molecule has 10 nitrogen and oxygen atoms in total. The van der Waals surface area contributed by atoms with Crippen molar-refractivity contribution >= 4 is 5.97 Å². The minimum atomic E-state index is -2.48. The molecular formula is C20H28O10. The van der Waals surface area contributed by atoms with Gasteiger partial charge in [0.25, 0.3) is 0 Å². The van der Waals surface area contributed by atoms with Gasteiger partial charge in [0.05, 0.1) is 36.9 Å². The summed E-state index contributed by atoms with van der Waals surface area (Å²) in [7, 11) is 0. The van der Waals surface area contributed by atoms with Crippen LogP contribution in [-0.2, 0) is 14.3 Å². The summed E-state index contributed by atoms with van der Waals surface area (Å²) in [5.41, 5.74) is -6.86. The van der Waals surface area contributed by atoms with Crippen molar-refractivity contribution in [2.45, 2.75) is 68.1 Å². The monoisotopic (exact) mass is 428 g/mol. The highest BCUT2D eigenvalue weighted by molar-refractivity contribution is 5.79. The van der Waals surface area contributed by atoms with Crippen LogP contribution >= 0.6 is 0 Å². The van der Waals surface area contributed by atoms with Gasteiger partial charge in [0.15, 0.2) is 11.7 Å². The zero-order chi connectivity index (χ0) is 22.0. The molecule has 30 heavy (non-hydrogen) atoms. The number of hydrogen-bond donors (Lipinski definition) is 7. The lowest BCUT2D eigenvalue weighted by molar-refractivity contribution is -0.361. The predicted molar refractivity (Wildman–Crippen MR) is 96.5 cm³/mol. The summed E-state index contributed by atoms with van der Waals surface area (Å²) < 4.78 is 11.3. The first-order valence-corrected chi connectivity index (χ1v) is 10.2. The number of aliphatic hydroxyl groups is 7. The molecule has 0 aromatic rings. The molecule has 3 aliphatic carbocycles. The minimum absolute atomic E-state index is 0.146. The van der Waals surface area contributed by atoms with Crippen molar-refractivity contribution in [3.05, 3.63) is 11.6 Å². The maximum absolute atomic E-state index is 12.5. The number of ether oxygens (including phenoxy) is 2. The van der Waals surface area contributed by atoms with Gasteiger partial charge in [-0.1, -0.05) is 18.6 Å². The van der Waals surface area contributed by atoms with Crippen LogP contribution in [0.4, 0.5) is 0 Å². The number of fused-ring (bicyclic) bond motifs is 2. The van der Waals surface area contributed by atoms with Gasteiger partial charge in [-0.3, -0.25) is 0 Å². The van der Waals surface area contributed by atoms with E-state index in [9.17, 15) is 40.5 Å². The van der Waals surface area contributed by atoms with Gasteiger partial charge < -0.3 is 45.2 Å². The second-order valence-electron chi connectivity index (χ2n) is 9.88. The quantitative estimate of drug-likeness (QED) is 0.166. The van der Waals surface area contributed by atoms with E-state index in [0.29, 0.717) is 0 Å². The summed E-state index contributed by atoms with van der Waals surface area (Å²) in [5.74, 6) is -2.69.